The number of rotatable bonds is 14. The van der Waals surface area contributed by atoms with Gasteiger partial charge in [-0.3, -0.25) is 0 Å². The van der Waals surface area contributed by atoms with E-state index in [-0.39, 0.29) is 0 Å². The molecule has 0 fully saturated rings. The van der Waals surface area contributed by atoms with Crippen molar-refractivity contribution >= 4 is 17.2 Å². The summed E-state index contributed by atoms with van der Waals surface area (Å²) < 4.78 is 20.8. The van der Waals surface area contributed by atoms with Crippen molar-refractivity contribution in [1.29, 1.82) is 0 Å². The van der Waals surface area contributed by atoms with Crippen LogP contribution in [0, 0.1) is 0 Å². The van der Waals surface area contributed by atoms with Gasteiger partial charge in [0.05, 0.1) is 44.6 Å². The third-order valence-electron chi connectivity index (χ3n) is 2.14. The first kappa shape index (κ1) is 17.7. The van der Waals surface area contributed by atoms with Crippen LogP contribution in [0.2, 0.25) is 0 Å². The Bertz CT molecular complexity index is 193. The van der Waals surface area contributed by atoms with E-state index in [4.69, 9.17) is 36.9 Å². The molecule has 0 radical (unpaired) electrons. The number of hydrogen-bond acceptors (Lipinski definition) is 5. The molecule has 0 heterocycles. The fraction of sp³-hybridized carbons (Fsp3) is 0.917. The summed E-state index contributed by atoms with van der Waals surface area (Å²) in [5, 5.41) is 0. The lowest BCUT2D eigenvalue weighted by Gasteiger charge is -2.06. The SMILES string of the molecule is COCCOCCOCCOCCCCC(N)=S. The molecule has 0 atom stereocenters. The van der Waals surface area contributed by atoms with Crippen molar-refractivity contribution in [2.24, 2.45) is 5.73 Å². The molecule has 0 saturated carbocycles. The number of methoxy groups -OCH3 is 1. The lowest BCUT2D eigenvalue weighted by atomic mass is 10.2. The molecule has 5 nitrogen and oxygen atoms in total. The molecule has 18 heavy (non-hydrogen) atoms. The maximum atomic E-state index is 5.39. The molecule has 0 aromatic rings. The molecule has 6 heteroatoms. The van der Waals surface area contributed by atoms with Crippen LogP contribution in [-0.2, 0) is 18.9 Å². The topological polar surface area (TPSA) is 62.9 Å². The van der Waals surface area contributed by atoms with Gasteiger partial charge in [0.25, 0.3) is 0 Å². The minimum atomic E-state index is 0.576. The van der Waals surface area contributed by atoms with Gasteiger partial charge in [-0.15, -0.1) is 0 Å². The van der Waals surface area contributed by atoms with Crippen LogP contribution in [0.1, 0.15) is 19.3 Å². The minimum absolute atomic E-state index is 0.576. The molecule has 0 aliphatic carbocycles. The van der Waals surface area contributed by atoms with Crippen molar-refractivity contribution in [2.75, 3.05) is 53.4 Å². The first-order valence-corrected chi connectivity index (χ1v) is 6.68. The van der Waals surface area contributed by atoms with Crippen molar-refractivity contribution in [3.8, 4) is 0 Å². The van der Waals surface area contributed by atoms with Gasteiger partial charge in [0, 0.05) is 13.7 Å². The second-order valence-corrected chi connectivity index (χ2v) is 4.28. The summed E-state index contributed by atoms with van der Waals surface area (Å²) >= 11 is 4.78. The molecule has 0 aromatic carbocycles. The first-order chi connectivity index (χ1) is 8.77. The Kier molecular flexibility index (Phi) is 14.6. The molecular weight excluding hydrogens is 254 g/mol. The summed E-state index contributed by atoms with van der Waals surface area (Å²) in [7, 11) is 1.65. The minimum Gasteiger partial charge on any atom is -0.393 e. The maximum absolute atomic E-state index is 5.39. The Hall–Kier alpha value is -0.270. The van der Waals surface area contributed by atoms with Crippen LogP contribution in [0.25, 0.3) is 0 Å². The molecule has 0 bridgehead atoms. The summed E-state index contributed by atoms with van der Waals surface area (Å²) in [5.74, 6) is 0. The fourth-order valence-electron chi connectivity index (χ4n) is 1.19. The fourth-order valence-corrected chi connectivity index (χ4v) is 1.33. The van der Waals surface area contributed by atoms with Gasteiger partial charge in [-0.1, -0.05) is 12.2 Å². The van der Waals surface area contributed by atoms with E-state index in [0.29, 0.717) is 44.6 Å². The highest BCUT2D eigenvalue weighted by Crippen LogP contribution is 1.95. The average Bonchev–Trinajstić information content (AvgIpc) is 2.34. The van der Waals surface area contributed by atoms with Crippen LogP contribution >= 0.6 is 12.2 Å². The van der Waals surface area contributed by atoms with E-state index < -0.39 is 0 Å². The number of nitrogens with two attached hydrogens (primary N) is 1. The summed E-state index contributed by atoms with van der Waals surface area (Å²) in [6.07, 6.45) is 2.77. The summed E-state index contributed by atoms with van der Waals surface area (Å²) in [6, 6.07) is 0. The molecule has 0 rings (SSSR count). The summed E-state index contributed by atoms with van der Waals surface area (Å²) in [4.78, 5) is 0.576. The van der Waals surface area contributed by atoms with Crippen molar-refractivity contribution in [2.45, 2.75) is 19.3 Å². The average molecular weight is 279 g/mol. The predicted octanol–water partition coefficient (Wildman–Crippen LogP) is 1.14. The van der Waals surface area contributed by atoms with Gasteiger partial charge in [0.1, 0.15) is 0 Å². The maximum Gasteiger partial charge on any atom is 0.0727 e. The van der Waals surface area contributed by atoms with Crippen molar-refractivity contribution in [3.63, 3.8) is 0 Å². The summed E-state index contributed by atoms with van der Waals surface area (Å²) in [5.41, 5.74) is 5.38. The Morgan fingerprint density at radius 3 is 1.83 bits per heavy atom. The predicted molar refractivity (Wildman–Crippen MR) is 75.0 cm³/mol. The van der Waals surface area contributed by atoms with Crippen molar-refractivity contribution < 1.29 is 18.9 Å². The smallest absolute Gasteiger partial charge is 0.0727 e. The van der Waals surface area contributed by atoms with Gasteiger partial charge in [0.2, 0.25) is 0 Å². The molecule has 0 spiro atoms. The first-order valence-electron chi connectivity index (χ1n) is 6.28. The van der Waals surface area contributed by atoms with Crippen LogP contribution in [-0.4, -0.2) is 58.3 Å². The second-order valence-electron chi connectivity index (χ2n) is 3.75. The highest BCUT2D eigenvalue weighted by atomic mass is 32.1. The second kappa shape index (κ2) is 14.8. The monoisotopic (exact) mass is 279 g/mol. The quantitative estimate of drug-likeness (QED) is 0.380. The standard InChI is InChI=1S/C12H25NO4S/c1-14-6-7-16-10-11-17-9-8-15-5-3-2-4-12(13)18/h2-11H2,1H3,(H2,13,18). The third-order valence-corrected chi connectivity index (χ3v) is 2.34. The largest absolute Gasteiger partial charge is 0.393 e. The zero-order chi connectivity index (χ0) is 13.5. The number of hydrogen-bond donors (Lipinski definition) is 1. The van der Waals surface area contributed by atoms with Crippen molar-refractivity contribution in [3.05, 3.63) is 0 Å². The van der Waals surface area contributed by atoms with E-state index in [1.807, 2.05) is 0 Å². The zero-order valence-electron chi connectivity index (χ0n) is 11.2. The zero-order valence-corrected chi connectivity index (χ0v) is 12.0. The van der Waals surface area contributed by atoms with E-state index >= 15 is 0 Å². The Morgan fingerprint density at radius 2 is 1.33 bits per heavy atom. The molecule has 108 valence electrons. The highest BCUT2D eigenvalue weighted by molar-refractivity contribution is 7.80. The third kappa shape index (κ3) is 15.7. The Labute approximate surface area is 115 Å². The Balaban J connectivity index is 2.92. The Morgan fingerprint density at radius 1 is 0.833 bits per heavy atom. The summed E-state index contributed by atoms with van der Waals surface area (Å²) in [6.45, 7) is 4.37. The van der Waals surface area contributed by atoms with Crippen LogP contribution in [0.4, 0.5) is 0 Å². The molecular formula is C12H25NO4S. The van der Waals surface area contributed by atoms with Gasteiger partial charge < -0.3 is 24.7 Å². The normalized spacial score (nSPS) is 10.7. The van der Waals surface area contributed by atoms with Crippen LogP contribution in [0.15, 0.2) is 0 Å². The van der Waals surface area contributed by atoms with Crippen molar-refractivity contribution in [1.82, 2.24) is 0 Å². The molecule has 0 unspecified atom stereocenters. The number of ether oxygens (including phenoxy) is 4. The van der Waals surface area contributed by atoms with E-state index in [2.05, 4.69) is 0 Å². The van der Waals surface area contributed by atoms with E-state index in [9.17, 15) is 0 Å². The van der Waals surface area contributed by atoms with Crippen LogP contribution in [0.5, 0.6) is 0 Å². The van der Waals surface area contributed by atoms with Gasteiger partial charge in [0.15, 0.2) is 0 Å². The lowest BCUT2D eigenvalue weighted by Crippen LogP contribution is -2.12. The van der Waals surface area contributed by atoms with Gasteiger partial charge in [-0.05, 0) is 19.3 Å². The molecule has 0 amide bonds. The van der Waals surface area contributed by atoms with E-state index in [1.165, 1.54) is 0 Å². The van der Waals surface area contributed by atoms with Crippen LogP contribution < -0.4 is 5.73 Å². The highest BCUT2D eigenvalue weighted by Gasteiger charge is 1.93. The molecule has 0 aliphatic heterocycles. The van der Waals surface area contributed by atoms with Gasteiger partial charge >= 0.3 is 0 Å². The van der Waals surface area contributed by atoms with E-state index in [1.54, 1.807) is 7.11 Å². The lowest BCUT2D eigenvalue weighted by molar-refractivity contribution is 0.00332. The van der Waals surface area contributed by atoms with Gasteiger partial charge in [-0.2, -0.15) is 0 Å². The molecule has 0 saturated heterocycles. The van der Waals surface area contributed by atoms with E-state index in [0.717, 1.165) is 25.9 Å². The molecule has 0 aromatic heterocycles. The van der Waals surface area contributed by atoms with Crippen LogP contribution in [0.3, 0.4) is 0 Å². The molecule has 0 aliphatic rings. The number of unbranched alkanes of at least 4 members (excludes halogenated alkanes) is 1. The van der Waals surface area contributed by atoms with Gasteiger partial charge in [-0.25, -0.2) is 0 Å². The molecule has 2 N–H and O–H groups in total. The number of thiocarbonyl (C=S) groups is 1.